The van der Waals surface area contributed by atoms with Crippen molar-refractivity contribution in [2.45, 2.75) is 19.0 Å². The average Bonchev–Trinajstić information content (AvgIpc) is 3.00. The number of carbonyl (C=O) groups is 2. The van der Waals surface area contributed by atoms with Crippen molar-refractivity contribution in [3.8, 4) is 5.69 Å². The highest BCUT2D eigenvalue weighted by Crippen LogP contribution is 2.19. The number of carbonyl (C=O) groups excluding carboxylic acids is 2. The molecule has 3 amide bonds. The van der Waals surface area contributed by atoms with E-state index in [9.17, 15) is 9.59 Å². The molecule has 0 saturated carbocycles. The Labute approximate surface area is 148 Å². The largest absolute Gasteiger partial charge is 0.338 e. The minimum atomic E-state index is -0.508. The minimum Gasteiger partial charge on any atom is -0.338 e. The van der Waals surface area contributed by atoms with Gasteiger partial charge in [-0.15, -0.1) is 5.10 Å². The third-order valence-electron chi connectivity index (χ3n) is 2.77. The van der Waals surface area contributed by atoms with Crippen molar-refractivity contribution in [2.24, 2.45) is 5.92 Å². The average molecular weight is 369 g/mol. The van der Waals surface area contributed by atoms with Gasteiger partial charge in [0.15, 0.2) is 0 Å². The number of tetrazole rings is 1. The number of nitrogens with one attached hydrogen (secondary N) is 2. The summed E-state index contributed by atoms with van der Waals surface area (Å²) in [6.07, 6.45) is 0. The van der Waals surface area contributed by atoms with Crippen LogP contribution < -0.4 is 10.6 Å². The predicted molar refractivity (Wildman–Crippen MR) is 91.3 cm³/mol. The van der Waals surface area contributed by atoms with E-state index in [-0.39, 0.29) is 5.75 Å². The van der Waals surface area contributed by atoms with Crippen LogP contribution in [0, 0.1) is 5.92 Å². The van der Waals surface area contributed by atoms with Gasteiger partial charge in [0.1, 0.15) is 0 Å². The number of hydrogen-bond acceptors (Lipinski definition) is 6. The van der Waals surface area contributed by atoms with Crippen LogP contribution in [-0.4, -0.2) is 44.4 Å². The smallest absolute Gasteiger partial charge is 0.321 e. The van der Waals surface area contributed by atoms with Gasteiger partial charge >= 0.3 is 6.03 Å². The van der Waals surface area contributed by atoms with E-state index in [4.69, 9.17) is 11.6 Å². The Morgan fingerprint density at radius 2 is 2.00 bits per heavy atom. The van der Waals surface area contributed by atoms with Crippen LogP contribution in [0.15, 0.2) is 29.4 Å². The van der Waals surface area contributed by atoms with Crippen molar-refractivity contribution < 1.29 is 9.59 Å². The lowest BCUT2D eigenvalue weighted by atomic mass is 10.2. The highest BCUT2D eigenvalue weighted by atomic mass is 35.5. The fourth-order valence-corrected chi connectivity index (χ4v) is 2.46. The molecule has 0 aliphatic rings. The summed E-state index contributed by atoms with van der Waals surface area (Å²) in [4.78, 5) is 23.3. The van der Waals surface area contributed by atoms with Gasteiger partial charge in [-0.05, 0) is 40.6 Å². The van der Waals surface area contributed by atoms with Crippen LogP contribution in [0.25, 0.3) is 5.69 Å². The van der Waals surface area contributed by atoms with E-state index in [0.29, 0.717) is 22.6 Å². The van der Waals surface area contributed by atoms with Crippen molar-refractivity contribution in [1.29, 1.82) is 0 Å². The summed E-state index contributed by atoms with van der Waals surface area (Å²) in [6, 6.07) is 6.47. The van der Waals surface area contributed by atoms with Crippen LogP contribution in [0.1, 0.15) is 13.8 Å². The van der Waals surface area contributed by atoms with E-state index in [2.05, 4.69) is 26.2 Å². The first-order valence-electron chi connectivity index (χ1n) is 7.20. The number of nitrogens with zero attached hydrogens (tertiary/aromatic N) is 4. The van der Waals surface area contributed by atoms with Crippen LogP contribution in [0.4, 0.5) is 4.79 Å². The molecule has 0 bridgehead atoms. The number of urea groups is 1. The number of imide groups is 1. The van der Waals surface area contributed by atoms with Gasteiger partial charge in [-0.2, -0.15) is 4.68 Å². The van der Waals surface area contributed by atoms with Crippen molar-refractivity contribution in [2.75, 3.05) is 12.3 Å². The zero-order chi connectivity index (χ0) is 17.5. The molecule has 2 aromatic rings. The Bertz CT molecular complexity index is 704. The molecule has 1 aromatic carbocycles. The van der Waals surface area contributed by atoms with Crippen molar-refractivity contribution in [3.05, 3.63) is 29.3 Å². The van der Waals surface area contributed by atoms with E-state index in [0.717, 1.165) is 17.4 Å². The second-order valence-corrected chi connectivity index (χ2v) is 6.67. The highest BCUT2D eigenvalue weighted by molar-refractivity contribution is 7.99. The van der Waals surface area contributed by atoms with E-state index in [1.807, 2.05) is 13.8 Å². The quantitative estimate of drug-likeness (QED) is 0.755. The lowest BCUT2D eigenvalue weighted by Crippen LogP contribution is -2.41. The Balaban J connectivity index is 1.89. The Morgan fingerprint density at radius 3 is 2.67 bits per heavy atom. The maximum Gasteiger partial charge on any atom is 0.321 e. The maximum absolute atomic E-state index is 11.8. The zero-order valence-corrected chi connectivity index (χ0v) is 14.8. The molecule has 0 spiro atoms. The number of benzene rings is 1. The number of thioether (sulfide) groups is 1. The molecule has 8 nitrogen and oxygen atoms in total. The van der Waals surface area contributed by atoms with E-state index >= 15 is 0 Å². The summed E-state index contributed by atoms with van der Waals surface area (Å²) in [5.74, 6) is -0.0978. The first-order chi connectivity index (χ1) is 11.5. The standard InChI is InChI=1S/C14H17ClN6O2S/c1-9(2)7-16-13(23)17-12(22)8-24-14-18-19-20-21(14)11-5-3-10(15)4-6-11/h3-6,9H,7-8H2,1-2H3,(H2,16,17,22,23). The number of hydrogen-bond donors (Lipinski definition) is 2. The molecule has 0 radical (unpaired) electrons. The Kier molecular flexibility index (Phi) is 6.56. The predicted octanol–water partition coefficient (Wildman–Crippen LogP) is 1.89. The summed E-state index contributed by atoms with van der Waals surface area (Å²) >= 11 is 6.98. The molecular weight excluding hydrogens is 352 g/mol. The molecule has 0 aliphatic carbocycles. The number of aromatic nitrogens is 4. The van der Waals surface area contributed by atoms with Crippen LogP contribution in [0.5, 0.6) is 0 Å². The maximum atomic E-state index is 11.8. The fraction of sp³-hybridized carbons (Fsp3) is 0.357. The number of rotatable bonds is 6. The molecule has 0 aliphatic heterocycles. The van der Waals surface area contributed by atoms with Gasteiger partial charge in [0.2, 0.25) is 11.1 Å². The molecule has 0 saturated heterocycles. The van der Waals surface area contributed by atoms with E-state index < -0.39 is 11.9 Å². The van der Waals surface area contributed by atoms with Crippen LogP contribution in [0.3, 0.4) is 0 Å². The third kappa shape index (κ3) is 5.50. The second kappa shape index (κ2) is 8.65. The summed E-state index contributed by atoms with van der Waals surface area (Å²) < 4.78 is 1.49. The van der Waals surface area contributed by atoms with Gasteiger partial charge in [0, 0.05) is 11.6 Å². The molecule has 2 rings (SSSR count). The summed E-state index contributed by atoms with van der Waals surface area (Å²) in [5, 5.41) is 17.3. The molecule has 0 fully saturated rings. The van der Waals surface area contributed by atoms with Crippen molar-refractivity contribution in [1.82, 2.24) is 30.8 Å². The Morgan fingerprint density at radius 1 is 1.29 bits per heavy atom. The van der Waals surface area contributed by atoms with Gasteiger partial charge in [0.25, 0.3) is 0 Å². The molecule has 128 valence electrons. The minimum absolute atomic E-state index is 0.0169. The molecule has 24 heavy (non-hydrogen) atoms. The number of halogens is 1. The molecule has 10 heteroatoms. The summed E-state index contributed by atoms with van der Waals surface area (Å²) in [7, 11) is 0. The van der Waals surface area contributed by atoms with Gasteiger partial charge in [-0.1, -0.05) is 37.2 Å². The lowest BCUT2D eigenvalue weighted by Gasteiger charge is -2.08. The first kappa shape index (κ1) is 18.2. The van der Waals surface area contributed by atoms with Gasteiger partial charge in [0.05, 0.1) is 11.4 Å². The van der Waals surface area contributed by atoms with Gasteiger partial charge in [-0.3, -0.25) is 10.1 Å². The van der Waals surface area contributed by atoms with Gasteiger partial charge < -0.3 is 5.32 Å². The van der Waals surface area contributed by atoms with E-state index in [1.54, 1.807) is 24.3 Å². The molecule has 1 aromatic heterocycles. The third-order valence-corrected chi connectivity index (χ3v) is 3.94. The Hall–Kier alpha value is -2.13. The van der Waals surface area contributed by atoms with Crippen LogP contribution in [0.2, 0.25) is 5.02 Å². The first-order valence-corrected chi connectivity index (χ1v) is 8.57. The normalized spacial score (nSPS) is 10.7. The van der Waals surface area contributed by atoms with Crippen LogP contribution >= 0.6 is 23.4 Å². The topological polar surface area (TPSA) is 102 Å². The van der Waals surface area contributed by atoms with Crippen LogP contribution in [-0.2, 0) is 4.79 Å². The molecule has 0 unspecified atom stereocenters. The van der Waals surface area contributed by atoms with Crippen molar-refractivity contribution in [3.63, 3.8) is 0 Å². The lowest BCUT2D eigenvalue weighted by molar-refractivity contribution is -0.117. The van der Waals surface area contributed by atoms with E-state index in [1.165, 1.54) is 4.68 Å². The summed E-state index contributed by atoms with van der Waals surface area (Å²) in [5.41, 5.74) is 0.724. The summed E-state index contributed by atoms with van der Waals surface area (Å²) in [6.45, 7) is 4.43. The number of amides is 3. The zero-order valence-electron chi connectivity index (χ0n) is 13.2. The second-order valence-electron chi connectivity index (χ2n) is 5.29. The molecule has 1 heterocycles. The van der Waals surface area contributed by atoms with Gasteiger partial charge in [-0.25, -0.2) is 4.79 Å². The molecule has 2 N–H and O–H groups in total. The monoisotopic (exact) mass is 368 g/mol. The molecule has 0 atom stereocenters. The SMILES string of the molecule is CC(C)CNC(=O)NC(=O)CSc1nnnn1-c1ccc(Cl)cc1. The van der Waals surface area contributed by atoms with Crippen molar-refractivity contribution >= 4 is 35.3 Å². The molecular formula is C14H17ClN6O2S. The highest BCUT2D eigenvalue weighted by Gasteiger charge is 2.13. The fourth-order valence-electron chi connectivity index (χ4n) is 1.65.